The van der Waals surface area contributed by atoms with Gasteiger partial charge in [-0.3, -0.25) is 0 Å². The fourth-order valence-electron chi connectivity index (χ4n) is 1.78. The second kappa shape index (κ2) is 5.46. The van der Waals surface area contributed by atoms with E-state index in [1.807, 2.05) is 12.1 Å². The molecule has 0 spiro atoms. The van der Waals surface area contributed by atoms with Crippen LogP contribution in [-0.2, 0) is 12.8 Å². The summed E-state index contributed by atoms with van der Waals surface area (Å²) in [5.41, 5.74) is 3.71. The quantitative estimate of drug-likeness (QED) is 0.766. The molecule has 0 radical (unpaired) electrons. The van der Waals surface area contributed by atoms with Crippen molar-refractivity contribution in [3.05, 3.63) is 69.4 Å². The summed E-state index contributed by atoms with van der Waals surface area (Å²) in [6.07, 6.45) is 1.89. The Morgan fingerprint density at radius 3 is 2.12 bits per heavy atom. The van der Waals surface area contributed by atoms with Crippen molar-refractivity contribution in [2.24, 2.45) is 0 Å². The van der Waals surface area contributed by atoms with Gasteiger partial charge >= 0.3 is 0 Å². The van der Waals surface area contributed by atoms with E-state index in [1.165, 1.54) is 17.2 Å². The Morgan fingerprint density at radius 1 is 0.941 bits per heavy atom. The first-order chi connectivity index (χ1) is 8.19. The third-order valence-electron chi connectivity index (χ3n) is 2.82. The monoisotopic (exact) mass is 292 g/mol. The van der Waals surface area contributed by atoms with Crippen LogP contribution in [0.15, 0.2) is 46.9 Å². The summed E-state index contributed by atoms with van der Waals surface area (Å²) in [5.74, 6) is -0.213. The van der Waals surface area contributed by atoms with Gasteiger partial charge in [0.05, 0.1) is 4.47 Å². The van der Waals surface area contributed by atoms with E-state index in [2.05, 4.69) is 47.1 Å². The zero-order valence-corrected chi connectivity index (χ0v) is 11.3. The topological polar surface area (TPSA) is 0 Å². The van der Waals surface area contributed by atoms with Gasteiger partial charge in [0.1, 0.15) is 5.82 Å². The lowest BCUT2D eigenvalue weighted by molar-refractivity contribution is 0.620. The molecular weight excluding hydrogens is 279 g/mol. The number of aryl methyl sites for hydroxylation is 1. The molecule has 2 heteroatoms. The van der Waals surface area contributed by atoms with E-state index >= 15 is 0 Å². The largest absolute Gasteiger partial charge is 0.206 e. The van der Waals surface area contributed by atoms with Crippen LogP contribution >= 0.6 is 15.9 Å². The highest BCUT2D eigenvalue weighted by atomic mass is 79.9. The van der Waals surface area contributed by atoms with Gasteiger partial charge in [-0.15, -0.1) is 0 Å². The Labute approximate surface area is 110 Å². The van der Waals surface area contributed by atoms with Gasteiger partial charge in [-0.05, 0) is 57.6 Å². The summed E-state index contributed by atoms with van der Waals surface area (Å²) in [5, 5.41) is 0. The van der Waals surface area contributed by atoms with Crippen LogP contribution in [0.4, 0.5) is 4.39 Å². The highest BCUT2D eigenvalue weighted by molar-refractivity contribution is 9.10. The SMILES string of the molecule is CCc1ccc(Cc2ccc(F)c(Br)c2)cc1. The van der Waals surface area contributed by atoms with Crippen LogP contribution in [0, 0.1) is 5.82 Å². The van der Waals surface area contributed by atoms with E-state index in [0.717, 1.165) is 18.4 Å². The molecule has 0 fully saturated rings. The summed E-state index contributed by atoms with van der Waals surface area (Å²) < 4.78 is 13.6. The molecule has 2 rings (SSSR count). The van der Waals surface area contributed by atoms with Crippen molar-refractivity contribution in [2.75, 3.05) is 0 Å². The van der Waals surface area contributed by atoms with Crippen molar-refractivity contribution in [1.29, 1.82) is 0 Å². The fourth-order valence-corrected chi connectivity index (χ4v) is 2.20. The van der Waals surface area contributed by atoms with Crippen molar-refractivity contribution in [1.82, 2.24) is 0 Å². The first kappa shape index (κ1) is 12.3. The molecule has 0 heterocycles. The molecule has 2 aromatic rings. The van der Waals surface area contributed by atoms with Crippen LogP contribution in [0.3, 0.4) is 0 Å². The Kier molecular flexibility index (Phi) is 3.95. The molecule has 88 valence electrons. The molecule has 0 amide bonds. The maximum absolute atomic E-state index is 13.1. The van der Waals surface area contributed by atoms with Crippen LogP contribution < -0.4 is 0 Å². The summed E-state index contributed by atoms with van der Waals surface area (Å²) >= 11 is 3.21. The number of benzene rings is 2. The second-order valence-electron chi connectivity index (χ2n) is 4.10. The van der Waals surface area contributed by atoms with Gasteiger partial charge in [-0.25, -0.2) is 4.39 Å². The van der Waals surface area contributed by atoms with Gasteiger partial charge < -0.3 is 0 Å². The van der Waals surface area contributed by atoms with Crippen molar-refractivity contribution in [3.63, 3.8) is 0 Å². The minimum Gasteiger partial charge on any atom is -0.206 e. The summed E-state index contributed by atoms with van der Waals surface area (Å²) in [7, 11) is 0. The average Bonchev–Trinajstić information content (AvgIpc) is 2.35. The molecule has 17 heavy (non-hydrogen) atoms. The minimum atomic E-state index is -0.213. The molecule has 0 aliphatic carbocycles. The number of hydrogen-bond donors (Lipinski definition) is 0. The Bertz CT molecular complexity index is 503. The van der Waals surface area contributed by atoms with Crippen molar-refractivity contribution < 1.29 is 4.39 Å². The Hall–Kier alpha value is -1.15. The summed E-state index contributed by atoms with van der Waals surface area (Å²) in [6.45, 7) is 2.14. The fraction of sp³-hybridized carbons (Fsp3) is 0.200. The van der Waals surface area contributed by atoms with E-state index < -0.39 is 0 Å². The Balaban J connectivity index is 2.16. The molecule has 0 saturated heterocycles. The summed E-state index contributed by atoms with van der Waals surface area (Å²) in [6, 6.07) is 13.7. The predicted molar refractivity (Wildman–Crippen MR) is 72.7 cm³/mol. The van der Waals surface area contributed by atoms with Gasteiger partial charge in [0.25, 0.3) is 0 Å². The number of halogens is 2. The van der Waals surface area contributed by atoms with Gasteiger partial charge in [-0.1, -0.05) is 37.3 Å². The van der Waals surface area contributed by atoms with Crippen molar-refractivity contribution in [3.8, 4) is 0 Å². The molecule has 0 atom stereocenters. The third kappa shape index (κ3) is 3.16. The van der Waals surface area contributed by atoms with Crippen LogP contribution in [0.2, 0.25) is 0 Å². The first-order valence-electron chi connectivity index (χ1n) is 5.71. The molecule has 0 aliphatic heterocycles. The van der Waals surface area contributed by atoms with Crippen molar-refractivity contribution in [2.45, 2.75) is 19.8 Å². The van der Waals surface area contributed by atoms with Crippen molar-refractivity contribution >= 4 is 15.9 Å². The van der Waals surface area contributed by atoms with E-state index in [-0.39, 0.29) is 5.82 Å². The van der Waals surface area contributed by atoms with Gasteiger partial charge in [0, 0.05) is 0 Å². The van der Waals surface area contributed by atoms with Crippen LogP contribution in [-0.4, -0.2) is 0 Å². The predicted octanol–water partition coefficient (Wildman–Crippen LogP) is 4.74. The standard InChI is InChI=1S/C15H14BrF/c1-2-11-3-5-12(6-4-11)9-13-7-8-15(17)14(16)10-13/h3-8,10H,2,9H2,1H3. The van der Waals surface area contributed by atoms with E-state index in [0.29, 0.717) is 4.47 Å². The zero-order chi connectivity index (χ0) is 12.3. The minimum absolute atomic E-state index is 0.213. The normalized spacial score (nSPS) is 10.5. The lowest BCUT2D eigenvalue weighted by atomic mass is 10.0. The van der Waals surface area contributed by atoms with E-state index in [4.69, 9.17) is 0 Å². The molecule has 0 aromatic heterocycles. The van der Waals surface area contributed by atoms with Crippen LogP contribution in [0.1, 0.15) is 23.6 Å². The molecule has 0 N–H and O–H groups in total. The van der Waals surface area contributed by atoms with E-state index in [1.54, 1.807) is 0 Å². The highest BCUT2D eigenvalue weighted by Gasteiger charge is 2.01. The van der Waals surface area contributed by atoms with Gasteiger partial charge in [0.15, 0.2) is 0 Å². The molecule has 0 aliphatic rings. The number of hydrogen-bond acceptors (Lipinski definition) is 0. The van der Waals surface area contributed by atoms with E-state index in [9.17, 15) is 4.39 Å². The number of rotatable bonds is 3. The summed E-state index contributed by atoms with van der Waals surface area (Å²) in [4.78, 5) is 0. The lowest BCUT2D eigenvalue weighted by Crippen LogP contribution is -1.90. The van der Waals surface area contributed by atoms with Gasteiger partial charge in [0.2, 0.25) is 0 Å². The molecular formula is C15H14BrF. The highest BCUT2D eigenvalue weighted by Crippen LogP contribution is 2.19. The smallest absolute Gasteiger partial charge is 0.137 e. The average molecular weight is 293 g/mol. The third-order valence-corrected chi connectivity index (χ3v) is 3.43. The maximum Gasteiger partial charge on any atom is 0.137 e. The lowest BCUT2D eigenvalue weighted by Gasteiger charge is -2.04. The molecule has 2 aromatic carbocycles. The maximum atomic E-state index is 13.1. The van der Waals surface area contributed by atoms with Gasteiger partial charge in [-0.2, -0.15) is 0 Å². The molecule has 0 nitrogen and oxygen atoms in total. The first-order valence-corrected chi connectivity index (χ1v) is 6.50. The molecule has 0 saturated carbocycles. The second-order valence-corrected chi connectivity index (χ2v) is 4.95. The van der Waals surface area contributed by atoms with Crippen LogP contribution in [0.5, 0.6) is 0 Å². The Morgan fingerprint density at radius 2 is 1.53 bits per heavy atom. The molecule has 0 unspecified atom stereocenters. The van der Waals surface area contributed by atoms with Crippen LogP contribution in [0.25, 0.3) is 0 Å². The molecule has 0 bridgehead atoms. The zero-order valence-electron chi connectivity index (χ0n) is 9.71.